The van der Waals surface area contributed by atoms with Crippen LogP contribution in [0.2, 0.25) is 0 Å². The summed E-state index contributed by atoms with van der Waals surface area (Å²) < 4.78 is 0. The van der Waals surface area contributed by atoms with Crippen LogP contribution < -0.4 is 11.1 Å². The highest BCUT2D eigenvalue weighted by Gasteiger charge is 2.38. The van der Waals surface area contributed by atoms with Gasteiger partial charge in [0, 0.05) is 18.4 Å². The molecular formula is C14H24N4. The third-order valence-electron chi connectivity index (χ3n) is 3.62. The van der Waals surface area contributed by atoms with Crippen molar-refractivity contribution in [3.8, 4) is 0 Å². The minimum Gasteiger partial charge on any atom is -0.381 e. The predicted octanol–water partition coefficient (Wildman–Crippen LogP) is 3.08. The van der Waals surface area contributed by atoms with Gasteiger partial charge in [-0.15, -0.1) is 0 Å². The molecule has 0 unspecified atom stereocenters. The maximum absolute atomic E-state index is 5.84. The van der Waals surface area contributed by atoms with Gasteiger partial charge in [-0.1, -0.05) is 27.7 Å². The number of aromatic nitrogens is 2. The summed E-state index contributed by atoms with van der Waals surface area (Å²) in [5.41, 5.74) is 6.55. The van der Waals surface area contributed by atoms with E-state index in [-0.39, 0.29) is 0 Å². The largest absolute Gasteiger partial charge is 0.381 e. The highest BCUT2D eigenvalue weighted by atomic mass is 15.1. The lowest BCUT2D eigenvalue weighted by Crippen LogP contribution is -2.40. The highest BCUT2D eigenvalue weighted by Crippen LogP contribution is 2.46. The first-order chi connectivity index (χ1) is 8.27. The van der Waals surface area contributed by atoms with Gasteiger partial charge in [0.25, 0.3) is 0 Å². The van der Waals surface area contributed by atoms with Crippen LogP contribution in [-0.4, -0.2) is 16.0 Å². The van der Waals surface area contributed by atoms with Gasteiger partial charge in [0.15, 0.2) is 11.6 Å². The molecule has 0 bridgehead atoms. The van der Waals surface area contributed by atoms with Crippen LogP contribution in [0.1, 0.15) is 47.0 Å². The molecule has 3 N–H and O–H groups in total. The summed E-state index contributed by atoms with van der Waals surface area (Å²) in [7, 11) is 0. The molecule has 0 spiro atoms. The molecular weight excluding hydrogens is 224 g/mol. The zero-order chi connectivity index (χ0) is 13.4. The molecule has 1 saturated carbocycles. The fourth-order valence-electron chi connectivity index (χ4n) is 3.60. The van der Waals surface area contributed by atoms with Crippen molar-refractivity contribution in [2.24, 2.45) is 10.8 Å². The van der Waals surface area contributed by atoms with Crippen LogP contribution in [0.4, 0.5) is 11.6 Å². The zero-order valence-corrected chi connectivity index (χ0v) is 11.8. The molecule has 4 nitrogen and oxygen atoms in total. The van der Waals surface area contributed by atoms with Crippen LogP contribution in [0.3, 0.4) is 0 Å². The van der Waals surface area contributed by atoms with Gasteiger partial charge in [0.05, 0.1) is 0 Å². The van der Waals surface area contributed by atoms with Crippen molar-refractivity contribution < 1.29 is 0 Å². The quantitative estimate of drug-likeness (QED) is 0.844. The monoisotopic (exact) mass is 248 g/mol. The Morgan fingerprint density at radius 3 is 2.22 bits per heavy atom. The SMILES string of the molecule is CC1(C)CC(Nc2nccnc2N)CC(C)(C)C1. The summed E-state index contributed by atoms with van der Waals surface area (Å²) in [6.07, 6.45) is 6.85. The van der Waals surface area contributed by atoms with Gasteiger partial charge in [0.2, 0.25) is 0 Å². The van der Waals surface area contributed by atoms with Crippen molar-refractivity contribution in [3.05, 3.63) is 12.4 Å². The second kappa shape index (κ2) is 4.41. The molecule has 1 fully saturated rings. The molecule has 1 aromatic heterocycles. The van der Waals surface area contributed by atoms with Crippen molar-refractivity contribution in [3.63, 3.8) is 0 Å². The second-order valence-electron chi connectivity index (χ2n) is 7.04. The van der Waals surface area contributed by atoms with Crippen LogP contribution >= 0.6 is 0 Å². The number of nitrogens with two attached hydrogens (primary N) is 1. The van der Waals surface area contributed by atoms with Gasteiger partial charge >= 0.3 is 0 Å². The number of rotatable bonds is 2. The van der Waals surface area contributed by atoms with Crippen molar-refractivity contribution in [1.29, 1.82) is 0 Å². The highest BCUT2D eigenvalue weighted by molar-refractivity contribution is 5.55. The number of hydrogen-bond acceptors (Lipinski definition) is 4. The Labute approximate surface area is 109 Å². The van der Waals surface area contributed by atoms with E-state index in [4.69, 9.17) is 5.73 Å². The molecule has 0 atom stereocenters. The first-order valence-electron chi connectivity index (χ1n) is 6.61. The van der Waals surface area contributed by atoms with E-state index >= 15 is 0 Å². The Bertz CT molecular complexity index is 410. The first kappa shape index (κ1) is 13.1. The second-order valence-corrected chi connectivity index (χ2v) is 7.04. The van der Waals surface area contributed by atoms with Gasteiger partial charge in [-0.3, -0.25) is 0 Å². The van der Waals surface area contributed by atoms with E-state index in [9.17, 15) is 0 Å². The van der Waals surface area contributed by atoms with Crippen LogP contribution in [0, 0.1) is 10.8 Å². The average Bonchev–Trinajstić information content (AvgIpc) is 2.16. The molecule has 1 heterocycles. The summed E-state index contributed by atoms with van der Waals surface area (Å²) >= 11 is 0. The minimum atomic E-state index is 0.358. The van der Waals surface area contributed by atoms with Crippen molar-refractivity contribution in [2.75, 3.05) is 11.1 Å². The summed E-state index contributed by atoms with van der Waals surface area (Å²) in [4.78, 5) is 8.34. The number of anilines is 2. The maximum Gasteiger partial charge on any atom is 0.169 e. The molecule has 0 aliphatic heterocycles. The van der Waals surface area contributed by atoms with E-state index in [0.29, 0.717) is 22.7 Å². The number of nitrogens with zero attached hydrogens (tertiary/aromatic N) is 2. The zero-order valence-electron chi connectivity index (χ0n) is 11.8. The van der Waals surface area contributed by atoms with Crippen LogP contribution in [0.5, 0.6) is 0 Å². The Balaban J connectivity index is 2.12. The molecule has 18 heavy (non-hydrogen) atoms. The van der Waals surface area contributed by atoms with E-state index in [1.54, 1.807) is 12.4 Å². The van der Waals surface area contributed by atoms with E-state index in [1.165, 1.54) is 6.42 Å². The van der Waals surface area contributed by atoms with E-state index < -0.39 is 0 Å². The molecule has 4 heteroatoms. The van der Waals surface area contributed by atoms with Crippen molar-refractivity contribution in [2.45, 2.75) is 53.0 Å². The Morgan fingerprint density at radius 2 is 1.67 bits per heavy atom. The average molecular weight is 248 g/mol. The Kier molecular flexibility index (Phi) is 3.21. The third kappa shape index (κ3) is 3.12. The Morgan fingerprint density at radius 1 is 1.11 bits per heavy atom. The normalized spacial score (nSPS) is 22.7. The number of nitrogens with one attached hydrogen (secondary N) is 1. The minimum absolute atomic E-state index is 0.358. The van der Waals surface area contributed by atoms with Crippen molar-refractivity contribution in [1.82, 2.24) is 9.97 Å². The lowest BCUT2D eigenvalue weighted by molar-refractivity contribution is 0.105. The molecule has 1 aliphatic rings. The lowest BCUT2D eigenvalue weighted by atomic mass is 9.63. The molecule has 0 amide bonds. The van der Waals surface area contributed by atoms with Gasteiger partial charge < -0.3 is 11.1 Å². The molecule has 0 saturated heterocycles. The summed E-state index contributed by atoms with van der Waals surface area (Å²) in [6.45, 7) is 9.34. The maximum atomic E-state index is 5.84. The van der Waals surface area contributed by atoms with E-state index in [0.717, 1.165) is 18.7 Å². The lowest BCUT2D eigenvalue weighted by Gasteiger charge is -2.45. The molecule has 0 aromatic carbocycles. The van der Waals surface area contributed by atoms with Gasteiger partial charge in [-0.2, -0.15) is 0 Å². The summed E-state index contributed by atoms with van der Waals surface area (Å²) in [5.74, 6) is 1.20. The van der Waals surface area contributed by atoms with Crippen LogP contribution in [0.15, 0.2) is 12.4 Å². The molecule has 0 radical (unpaired) electrons. The van der Waals surface area contributed by atoms with E-state index in [2.05, 4.69) is 43.0 Å². The molecule has 100 valence electrons. The molecule has 1 aromatic rings. The van der Waals surface area contributed by atoms with E-state index in [1.807, 2.05) is 0 Å². The molecule has 1 aliphatic carbocycles. The Hall–Kier alpha value is -1.32. The topological polar surface area (TPSA) is 63.8 Å². The predicted molar refractivity (Wildman–Crippen MR) is 75.3 cm³/mol. The van der Waals surface area contributed by atoms with Crippen LogP contribution in [-0.2, 0) is 0 Å². The number of hydrogen-bond donors (Lipinski definition) is 2. The standard InChI is InChI=1S/C14H24N4/c1-13(2)7-10(8-14(3,4)9-13)18-12-11(15)16-5-6-17-12/h5-6,10H,7-9H2,1-4H3,(H2,15,16)(H,17,18). The van der Waals surface area contributed by atoms with Gasteiger partial charge in [0.1, 0.15) is 0 Å². The third-order valence-corrected chi connectivity index (χ3v) is 3.62. The summed E-state index contributed by atoms with van der Waals surface area (Å²) in [6, 6.07) is 0.419. The number of nitrogen functional groups attached to an aromatic ring is 1. The summed E-state index contributed by atoms with van der Waals surface area (Å²) in [5, 5.41) is 3.46. The molecule has 2 rings (SSSR count). The van der Waals surface area contributed by atoms with Crippen molar-refractivity contribution >= 4 is 11.6 Å². The fourth-order valence-corrected chi connectivity index (χ4v) is 3.60. The first-order valence-corrected chi connectivity index (χ1v) is 6.61. The van der Waals surface area contributed by atoms with Crippen LogP contribution in [0.25, 0.3) is 0 Å². The van der Waals surface area contributed by atoms with Gasteiger partial charge in [-0.05, 0) is 30.1 Å². The van der Waals surface area contributed by atoms with Gasteiger partial charge in [-0.25, -0.2) is 9.97 Å². The smallest absolute Gasteiger partial charge is 0.169 e. The fraction of sp³-hybridized carbons (Fsp3) is 0.714.